The molecule has 1 aromatic carbocycles. The molecule has 17 heteroatoms. The average molecular weight is 751 g/mol. The molecule has 2 aromatic heterocycles. The Bertz CT molecular complexity index is 2120. The van der Waals surface area contributed by atoms with Crippen LogP contribution >= 0.6 is 0 Å². The number of nitrogens with one attached hydrogen (secondary N) is 3. The number of hydrogen-bond donors (Lipinski definition) is 3. The molecule has 4 amide bonds. The third kappa shape index (κ3) is 7.61. The van der Waals surface area contributed by atoms with Crippen LogP contribution in [-0.4, -0.2) is 92.2 Å². The van der Waals surface area contributed by atoms with E-state index >= 15 is 0 Å². The maximum atomic E-state index is 14.5. The van der Waals surface area contributed by atoms with Crippen molar-refractivity contribution in [1.29, 1.82) is 0 Å². The number of rotatable bonds is 7. The van der Waals surface area contributed by atoms with Crippen molar-refractivity contribution in [3.05, 3.63) is 59.3 Å². The van der Waals surface area contributed by atoms with Crippen molar-refractivity contribution in [2.75, 3.05) is 6.54 Å². The van der Waals surface area contributed by atoms with E-state index in [4.69, 9.17) is 4.74 Å². The van der Waals surface area contributed by atoms with Crippen molar-refractivity contribution in [2.24, 2.45) is 13.0 Å². The molecule has 0 radical (unpaired) electrons. The van der Waals surface area contributed by atoms with Gasteiger partial charge in [0, 0.05) is 25.5 Å². The van der Waals surface area contributed by atoms with E-state index in [0.29, 0.717) is 49.0 Å². The first kappa shape index (κ1) is 36.4. The highest BCUT2D eigenvalue weighted by Crippen LogP contribution is 2.46. The fourth-order valence-corrected chi connectivity index (χ4v) is 8.64. The number of carbonyl (C=O) groups is 4. The Morgan fingerprint density at radius 3 is 2.58 bits per heavy atom. The first-order chi connectivity index (χ1) is 25.2. The smallest absolute Gasteiger partial charge is 0.270 e. The largest absolute Gasteiger partial charge is 0.471 e. The van der Waals surface area contributed by atoms with E-state index in [2.05, 4.69) is 30.4 Å². The first-order valence-electron chi connectivity index (χ1n) is 18.0. The Morgan fingerprint density at radius 2 is 1.85 bits per heavy atom. The van der Waals surface area contributed by atoms with Crippen molar-refractivity contribution in [3.8, 4) is 5.88 Å². The number of aromatic nitrogens is 4. The molecule has 2 aliphatic heterocycles. The van der Waals surface area contributed by atoms with Crippen LogP contribution in [-0.2, 0) is 31.5 Å². The number of amides is 4. The predicted molar refractivity (Wildman–Crippen MR) is 189 cm³/mol. The van der Waals surface area contributed by atoms with Crippen LogP contribution in [0, 0.1) is 25.6 Å². The zero-order valence-electron chi connectivity index (χ0n) is 29.8. The van der Waals surface area contributed by atoms with E-state index in [0.717, 1.165) is 12.8 Å². The molecule has 3 aromatic rings. The fourth-order valence-electron chi connectivity index (χ4n) is 7.27. The lowest BCUT2D eigenvalue weighted by Gasteiger charge is -2.30. The van der Waals surface area contributed by atoms with Crippen molar-refractivity contribution in [2.45, 2.75) is 101 Å². The van der Waals surface area contributed by atoms with Gasteiger partial charge < -0.3 is 20.3 Å². The number of sulfonamides is 1. The van der Waals surface area contributed by atoms with Gasteiger partial charge in [-0.3, -0.25) is 28.6 Å². The number of halogens is 1. The number of allylic oxidation sites excluding steroid dienone is 1. The van der Waals surface area contributed by atoms with Gasteiger partial charge in [-0.05, 0) is 70.6 Å². The second-order valence-corrected chi connectivity index (χ2v) is 16.5. The Labute approximate surface area is 306 Å². The molecule has 4 aliphatic rings. The molecule has 53 heavy (non-hydrogen) atoms. The van der Waals surface area contributed by atoms with Gasteiger partial charge in [0.05, 0.1) is 28.5 Å². The molecule has 4 heterocycles. The molecule has 3 fully saturated rings. The molecule has 282 valence electrons. The normalized spacial score (nSPS) is 27.1. The summed E-state index contributed by atoms with van der Waals surface area (Å²) in [4.78, 5) is 66.3. The minimum atomic E-state index is -3.91. The molecular weight excluding hydrogens is 708 g/mol. The number of benzene rings is 1. The highest BCUT2D eigenvalue weighted by Gasteiger charge is 2.62. The number of carbonyl (C=O) groups excluding carboxylic acids is 4. The molecule has 7 rings (SSSR count). The van der Waals surface area contributed by atoms with E-state index in [9.17, 15) is 32.0 Å². The quantitative estimate of drug-likeness (QED) is 0.302. The Morgan fingerprint density at radius 1 is 1.06 bits per heavy atom. The summed E-state index contributed by atoms with van der Waals surface area (Å²) in [5.41, 5.74) is 0.519. The first-order valence-corrected chi connectivity index (χ1v) is 19.6. The predicted octanol–water partition coefficient (Wildman–Crippen LogP) is 2.27. The Kier molecular flexibility index (Phi) is 9.72. The topological polar surface area (TPSA) is 195 Å². The van der Waals surface area contributed by atoms with E-state index < -0.39 is 74.4 Å². The Hall–Kier alpha value is -4.93. The summed E-state index contributed by atoms with van der Waals surface area (Å²) in [6.07, 6.45) is 7.20. The monoisotopic (exact) mass is 750 g/mol. The summed E-state index contributed by atoms with van der Waals surface area (Å²) in [6.45, 7) is 3.36. The van der Waals surface area contributed by atoms with Gasteiger partial charge in [0.25, 0.3) is 11.8 Å². The molecular formula is C36H43FN8O7S. The molecule has 0 bridgehead atoms. The van der Waals surface area contributed by atoms with Gasteiger partial charge in [0.2, 0.25) is 27.7 Å². The van der Waals surface area contributed by atoms with Crippen molar-refractivity contribution in [3.63, 3.8) is 0 Å². The highest BCUT2D eigenvalue weighted by molar-refractivity contribution is 7.91. The molecule has 0 spiro atoms. The maximum absolute atomic E-state index is 14.5. The fraction of sp³-hybridized carbons (Fsp3) is 0.528. The summed E-state index contributed by atoms with van der Waals surface area (Å²) in [7, 11) is -2.27. The van der Waals surface area contributed by atoms with Crippen LogP contribution in [0.3, 0.4) is 0 Å². The number of hydrogen-bond acceptors (Lipinski definition) is 10. The third-order valence-electron chi connectivity index (χ3n) is 10.4. The highest BCUT2D eigenvalue weighted by atomic mass is 32.2. The standard InChI is InChI=1S/C36H43FN8O7S/c1-20-15-29(44(3)42-20)31(46)39-27-10-8-6-4-5-7-9-22-18-36(22,35(49)43-53(50,51)25-12-13-25)41-32(47)30-17-24(19-45(30)34(27)48)52-33-21(2)38-26-14-11-23(37)16-28(26)40-33/h7,9,11,14-16,22,24-25,27,30H,4-6,8,10,12-13,17-19H2,1-3H3,(H,39,46)(H,41,47)(H,43,49)/b9-7-/t22-,24-,27+,30+,36-/m1/s1. The summed E-state index contributed by atoms with van der Waals surface area (Å²) in [5, 5.41) is 9.33. The minimum absolute atomic E-state index is 0.0138. The molecule has 2 aliphatic carbocycles. The second-order valence-electron chi connectivity index (χ2n) is 14.6. The molecule has 5 atom stereocenters. The molecule has 15 nitrogen and oxygen atoms in total. The Balaban J connectivity index is 1.20. The molecule has 1 saturated heterocycles. The van der Waals surface area contributed by atoms with Crippen LogP contribution in [0.1, 0.15) is 79.7 Å². The van der Waals surface area contributed by atoms with Gasteiger partial charge >= 0.3 is 0 Å². The number of fused-ring (bicyclic) bond motifs is 3. The van der Waals surface area contributed by atoms with Crippen molar-refractivity contribution < 1.29 is 36.7 Å². The maximum Gasteiger partial charge on any atom is 0.270 e. The van der Waals surface area contributed by atoms with Crippen molar-refractivity contribution >= 4 is 44.7 Å². The van der Waals surface area contributed by atoms with Crippen LogP contribution in [0.15, 0.2) is 36.4 Å². The summed E-state index contributed by atoms with van der Waals surface area (Å²) >= 11 is 0. The van der Waals surface area contributed by atoms with E-state index in [1.165, 1.54) is 27.8 Å². The lowest BCUT2D eigenvalue weighted by atomic mass is 10.0. The minimum Gasteiger partial charge on any atom is -0.471 e. The number of aryl methyl sites for hydroxylation is 3. The average Bonchev–Trinajstić information content (AvgIpc) is 4.00. The molecule has 0 unspecified atom stereocenters. The lowest BCUT2D eigenvalue weighted by molar-refractivity contribution is -0.141. The van der Waals surface area contributed by atoms with Gasteiger partial charge in [0.1, 0.15) is 40.9 Å². The van der Waals surface area contributed by atoms with E-state index in [1.54, 1.807) is 27.0 Å². The van der Waals surface area contributed by atoms with Gasteiger partial charge in [-0.2, -0.15) is 5.10 Å². The molecule has 3 N–H and O–H groups in total. The zero-order chi connectivity index (χ0) is 37.7. The van der Waals surface area contributed by atoms with Crippen LogP contribution in [0.2, 0.25) is 0 Å². The summed E-state index contributed by atoms with van der Waals surface area (Å²) in [5.74, 6) is -3.33. The van der Waals surface area contributed by atoms with Gasteiger partial charge in [-0.1, -0.05) is 25.0 Å². The van der Waals surface area contributed by atoms with E-state index in [1.807, 2.05) is 12.2 Å². The van der Waals surface area contributed by atoms with Gasteiger partial charge in [0.15, 0.2) is 0 Å². The van der Waals surface area contributed by atoms with Crippen LogP contribution in [0.5, 0.6) is 5.88 Å². The SMILES string of the molecule is Cc1cc(C(=O)N[C@H]2CCCCC/C=C\[C@@H]3C[C@@]3(C(=O)NS(=O)(=O)C3CC3)NC(=O)[C@@H]3C[C@@H](Oc4nc5cc(F)ccc5nc4C)CN3C2=O)n(C)n1. The third-order valence-corrected chi connectivity index (χ3v) is 12.2. The second kappa shape index (κ2) is 14.1. The number of ether oxygens (including phenoxy) is 1. The van der Waals surface area contributed by atoms with Gasteiger partial charge in [-0.25, -0.2) is 22.8 Å². The van der Waals surface area contributed by atoms with Crippen molar-refractivity contribution in [1.82, 2.24) is 40.0 Å². The molecule has 2 saturated carbocycles. The zero-order valence-corrected chi connectivity index (χ0v) is 30.6. The van der Waals surface area contributed by atoms with Crippen LogP contribution in [0.25, 0.3) is 11.0 Å². The van der Waals surface area contributed by atoms with E-state index in [-0.39, 0.29) is 36.5 Å². The van der Waals surface area contributed by atoms with Gasteiger partial charge in [-0.15, -0.1) is 0 Å². The summed E-state index contributed by atoms with van der Waals surface area (Å²) in [6, 6.07) is 3.48. The van der Waals surface area contributed by atoms with Crippen LogP contribution < -0.4 is 20.1 Å². The number of nitrogens with zero attached hydrogens (tertiary/aromatic N) is 5. The lowest BCUT2D eigenvalue weighted by Crippen LogP contribution is -2.58. The summed E-state index contributed by atoms with van der Waals surface area (Å²) < 4.78 is 49.6. The van der Waals surface area contributed by atoms with Crippen LogP contribution in [0.4, 0.5) is 4.39 Å².